The summed E-state index contributed by atoms with van der Waals surface area (Å²) in [5, 5.41) is 13.3. The molecule has 0 spiro atoms. The number of thiophene rings is 1. The van der Waals surface area contributed by atoms with Crippen LogP contribution in [0.15, 0.2) is 35.2 Å². The Labute approximate surface area is 145 Å². The first-order valence-electron chi connectivity index (χ1n) is 8.13. The molecule has 1 aliphatic heterocycles. The number of hydrogen-bond donors (Lipinski definition) is 1. The number of nitrogens with zero attached hydrogens (tertiary/aromatic N) is 2. The van der Waals surface area contributed by atoms with Crippen molar-refractivity contribution in [2.75, 3.05) is 20.2 Å². The SMILES string of the molecule is COC(C(=O)O)C1CCN(Cc2ccc(-c3ccsc3)nc2)CC1. The van der Waals surface area contributed by atoms with E-state index in [9.17, 15) is 9.90 Å². The summed E-state index contributed by atoms with van der Waals surface area (Å²) in [5.74, 6) is -0.757. The Bertz CT molecular complexity index is 649. The number of piperidine rings is 1. The molecule has 24 heavy (non-hydrogen) atoms. The molecule has 1 fully saturated rings. The molecule has 5 nitrogen and oxygen atoms in total. The van der Waals surface area contributed by atoms with Gasteiger partial charge in [0, 0.05) is 30.8 Å². The minimum atomic E-state index is -0.857. The first-order chi connectivity index (χ1) is 11.7. The molecule has 0 radical (unpaired) electrons. The Morgan fingerprint density at radius 1 is 1.42 bits per heavy atom. The average molecular weight is 346 g/mol. The van der Waals surface area contributed by atoms with Crippen LogP contribution in [0.1, 0.15) is 18.4 Å². The zero-order valence-corrected chi connectivity index (χ0v) is 14.5. The van der Waals surface area contributed by atoms with Crippen molar-refractivity contribution in [3.63, 3.8) is 0 Å². The zero-order chi connectivity index (χ0) is 16.9. The van der Waals surface area contributed by atoms with Crippen molar-refractivity contribution in [3.05, 3.63) is 40.7 Å². The fraction of sp³-hybridized carbons (Fsp3) is 0.444. The number of hydrogen-bond acceptors (Lipinski definition) is 5. The number of carboxylic acids is 1. The van der Waals surface area contributed by atoms with E-state index in [0.717, 1.165) is 43.7 Å². The van der Waals surface area contributed by atoms with Crippen LogP contribution < -0.4 is 0 Å². The van der Waals surface area contributed by atoms with Gasteiger partial charge in [0.1, 0.15) is 0 Å². The molecule has 3 rings (SSSR count). The summed E-state index contributed by atoms with van der Waals surface area (Å²) in [6, 6.07) is 6.27. The molecule has 0 saturated carbocycles. The van der Waals surface area contributed by atoms with E-state index in [4.69, 9.17) is 4.74 Å². The second kappa shape index (κ2) is 7.88. The monoisotopic (exact) mass is 346 g/mol. The van der Waals surface area contributed by atoms with E-state index < -0.39 is 12.1 Å². The summed E-state index contributed by atoms with van der Waals surface area (Å²) in [5.41, 5.74) is 3.35. The third-order valence-corrected chi connectivity index (χ3v) is 5.29. The van der Waals surface area contributed by atoms with Gasteiger partial charge < -0.3 is 9.84 Å². The lowest BCUT2D eigenvalue weighted by Crippen LogP contribution is -2.41. The van der Waals surface area contributed by atoms with Crippen LogP contribution in [-0.2, 0) is 16.1 Å². The predicted octanol–water partition coefficient (Wildman–Crippen LogP) is 3.12. The van der Waals surface area contributed by atoms with Crippen molar-refractivity contribution in [2.45, 2.75) is 25.5 Å². The number of methoxy groups -OCH3 is 1. The maximum atomic E-state index is 11.2. The van der Waals surface area contributed by atoms with E-state index in [1.165, 1.54) is 12.7 Å². The third kappa shape index (κ3) is 4.01. The quantitative estimate of drug-likeness (QED) is 0.871. The Morgan fingerprint density at radius 3 is 2.75 bits per heavy atom. The zero-order valence-electron chi connectivity index (χ0n) is 13.7. The van der Waals surface area contributed by atoms with E-state index >= 15 is 0 Å². The minimum Gasteiger partial charge on any atom is -0.479 e. The van der Waals surface area contributed by atoms with Crippen LogP contribution in [0.2, 0.25) is 0 Å². The summed E-state index contributed by atoms with van der Waals surface area (Å²) in [4.78, 5) is 18.1. The van der Waals surface area contributed by atoms with Crippen molar-refractivity contribution in [2.24, 2.45) is 5.92 Å². The maximum Gasteiger partial charge on any atom is 0.333 e. The summed E-state index contributed by atoms with van der Waals surface area (Å²) in [6.45, 7) is 2.64. The van der Waals surface area contributed by atoms with Crippen molar-refractivity contribution < 1.29 is 14.6 Å². The number of aliphatic carboxylic acids is 1. The van der Waals surface area contributed by atoms with Gasteiger partial charge in [0.25, 0.3) is 0 Å². The van der Waals surface area contributed by atoms with Gasteiger partial charge >= 0.3 is 5.97 Å². The van der Waals surface area contributed by atoms with Gasteiger partial charge in [0.05, 0.1) is 5.69 Å². The molecule has 128 valence electrons. The molecule has 2 aromatic rings. The van der Waals surface area contributed by atoms with Crippen molar-refractivity contribution in [1.82, 2.24) is 9.88 Å². The van der Waals surface area contributed by atoms with Gasteiger partial charge in [0.15, 0.2) is 6.10 Å². The van der Waals surface area contributed by atoms with Gasteiger partial charge in [-0.15, -0.1) is 0 Å². The molecule has 3 heterocycles. The van der Waals surface area contributed by atoms with Crippen LogP contribution in [0.25, 0.3) is 11.3 Å². The standard InChI is InChI=1S/C18H22N2O3S/c1-23-17(18(21)22)14-4-7-20(8-5-14)11-13-2-3-16(19-10-13)15-6-9-24-12-15/h2-3,6,9-10,12,14,17H,4-5,7-8,11H2,1H3,(H,21,22). The number of aromatic nitrogens is 1. The Morgan fingerprint density at radius 2 is 2.21 bits per heavy atom. The highest BCUT2D eigenvalue weighted by molar-refractivity contribution is 7.08. The topological polar surface area (TPSA) is 62.7 Å². The van der Waals surface area contributed by atoms with Gasteiger partial charge in [-0.05, 0) is 54.9 Å². The molecular weight excluding hydrogens is 324 g/mol. The summed E-state index contributed by atoms with van der Waals surface area (Å²) in [6.07, 6.45) is 2.96. The molecule has 6 heteroatoms. The van der Waals surface area contributed by atoms with Crippen molar-refractivity contribution in [3.8, 4) is 11.3 Å². The molecule has 1 N–H and O–H groups in total. The first kappa shape index (κ1) is 17.1. The lowest BCUT2D eigenvalue weighted by Gasteiger charge is -2.34. The van der Waals surface area contributed by atoms with Crippen LogP contribution in [0.4, 0.5) is 0 Å². The molecule has 0 bridgehead atoms. The Kier molecular flexibility index (Phi) is 5.60. The van der Waals surface area contributed by atoms with Gasteiger partial charge in [-0.1, -0.05) is 6.07 Å². The second-order valence-corrected chi connectivity index (χ2v) is 6.95. The van der Waals surface area contributed by atoms with Gasteiger partial charge in [0.2, 0.25) is 0 Å². The predicted molar refractivity (Wildman–Crippen MR) is 94.0 cm³/mol. The fourth-order valence-corrected chi connectivity index (χ4v) is 3.92. The van der Waals surface area contributed by atoms with E-state index in [1.807, 2.05) is 6.20 Å². The van der Waals surface area contributed by atoms with E-state index in [1.54, 1.807) is 11.3 Å². The number of carboxylic acid groups (broad SMARTS) is 1. The normalized spacial score (nSPS) is 17.7. The van der Waals surface area contributed by atoms with Crippen LogP contribution in [0.3, 0.4) is 0 Å². The summed E-state index contributed by atoms with van der Waals surface area (Å²) in [7, 11) is 1.48. The van der Waals surface area contributed by atoms with Crippen LogP contribution in [-0.4, -0.2) is 47.3 Å². The molecule has 2 aromatic heterocycles. The Balaban J connectivity index is 1.54. The van der Waals surface area contributed by atoms with Crippen molar-refractivity contribution in [1.29, 1.82) is 0 Å². The highest BCUT2D eigenvalue weighted by Gasteiger charge is 2.31. The number of pyridine rings is 1. The molecule has 0 aliphatic carbocycles. The first-order valence-corrected chi connectivity index (χ1v) is 9.07. The molecule has 1 atom stereocenters. The summed E-state index contributed by atoms with van der Waals surface area (Å²) < 4.78 is 5.13. The lowest BCUT2D eigenvalue weighted by molar-refractivity contribution is -0.153. The Hall–Kier alpha value is -1.76. The average Bonchev–Trinajstić information content (AvgIpc) is 3.12. The molecule has 1 aliphatic rings. The maximum absolute atomic E-state index is 11.2. The summed E-state index contributed by atoms with van der Waals surface area (Å²) >= 11 is 1.67. The van der Waals surface area contributed by atoms with Crippen LogP contribution in [0, 0.1) is 5.92 Å². The van der Waals surface area contributed by atoms with E-state index in [-0.39, 0.29) is 5.92 Å². The van der Waals surface area contributed by atoms with Gasteiger partial charge in [-0.3, -0.25) is 9.88 Å². The molecule has 1 unspecified atom stereocenters. The molecule has 0 aromatic carbocycles. The fourth-order valence-electron chi connectivity index (χ4n) is 3.27. The number of likely N-dealkylation sites (tertiary alicyclic amines) is 1. The van der Waals surface area contributed by atoms with Crippen LogP contribution >= 0.6 is 11.3 Å². The second-order valence-electron chi connectivity index (χ2n) is 6.17. The largest absolute Gasteiger partial charge is 0.479 e. The molecular formula is C18H22N2O3S. The van der Waals surface area contributed by atoms with E-state index in [0.29, 0.717) is 0 Å². The van der Waals surface area contributed by atoms with Crippen LogP contribution in [0.5, 0.6) is 0 Å². The van der Waals surface area contributed by atoms with Gasteiger partial charge in [-0.2, -0.15) is 11.3 Å². The highest BCUT2D eigenvalue weighted by atomic mass is 32.1. The smallest absolute Gasteiger partial charge is 0.333 e. The number of carbonyl (C=O) groups is 1. The molecule has 1 saturated heterocycles. The van der Waals surface area contributed by atoms with E-state index in [2.05, 4.69) is 38.8 Å². The third-order valence-electron chi connectivity index (χ3n) is 4.61. The molecule has 0 amide bonds. The minimum absolute atomic E-state index is 0.0999. The lowest BCUT2D eigenvalue weighted by atomic mass is 9.91. The van der Waals surface area contributed by atoms with Crippen molar-refractivity contribution >= 4 is 17.3 Å². The number of ether oxygens (including phenoxy) is 1. The highest BCUT2D eigenvalue weighted by Crippen LogP contribution is 2.24. The van der Waals surface area contributed by atoms with Gasteiger partial charge in [-0.25, -0.2) is 4.79 Å². The number of rotatable bonds is 6.